The van der Waals surface area contributed by atoms with Crippen LogP contribution in [0, 0.1) is 23.7 Å². The third-order valence-electron chi connectivity index (χ3n) is 13.7. The molecular weight excluding hydrogens is 759 g/mol. The predicted octanol–water partition coefficient (Wildman–Crippen LogP) is 3.35. The van der Waals surface area contributed by atoms with Crippen LogP contribution in [-0.4, -0.2) is 184 Å². The first-order chi connectivity index (χ1) is 27.6. The highest BCUT2D eigenvalue weighted by Gasteiger charge is 2.52. The monoisotopic (exact) mass is 840 g/mol. The average Bonchev–Trinajstić information content (AvgIpc) is 3.61. The van der Waals surface area contributed by atoms with Crippen molar-refractivity contribution in [3.63, 3.8) is 0 Å². The zero-order valence-electron chi connectivity index (χ0n) is 38.9. The van der Waals surface area contributed by atoms with E-state index < -0.39 is 53.9 Å². The van der Waals surface area contributed by atoms with E-state index in [9.17, 15) is 19.5 Å². The second-order valence-corrected chi connectivity index (χ2v) is 19.4. The number of amides is 3. The Morgan fingerprint density at radius 2 is 1.69 bits per heavy atom. The number of fused-ring (bicyclic) bond motifs is 1. The molecular formula is C44H81N5O10. The number of nitrogens with zero attached hydrogens (tertiary/aromatic N) is 4. The summed E-state index contributed by atoms with van der Waals surface area (Å²) in [6, 6.07) is -0.276. The Kier molecular flexibility index (Phi) is 18.0. The van der Waals surface area contributed by atoms with Crippen molar-refractivity contribution in [3.8, 4) is 0 Å². The van der Waals surface area contributed by atoms with Gasteiger partial charge in [-0.1, -0.05) is 27.7 Å². The average molecular weight is 840 g/mol. The van der Waals surface area contributed by atoms with Crippen LogP contribution in [0.3, 0.4) is 0 Å². The number of carbonyl (C=O) groups is 3. The predicted molar refractivity (Wildman–Crippen MR) is 225 cm³/mol. The summed E-state index contributed by atoms with van der Waals surface area (Å²) < 4.78 is 40.0. The van der Waals surface area contributed by atoms with Crippen molar-refractivity contribution in [3.05, 3.63) is 0 Å². The first kappa shape index (κ1) is 49.7. The Morgan fingerprint density at radius 3 is 2.34 bits per heavy atom. The number of ether oxygens (including phenoxy) is 6. The van der Waals surface area contributed by atoms with Gasteiger partial charge in [-0.25, -0.2) is 0 Å². The minimum atomic E-state index is -1.47. The molecule has 0 spiro atoms. The Bertz CT molecular complexity index is 1370. The van der Waals surface area contributed by atoms with Gasteiger partial charge in [0.25, 0.3) is 0 Å². The molecule has 15 atom stereocenters. The van der Waals surface area contributed by atoms with E-state index in [4.69, 9.17) is 28.4 Å². The van der Waals surface area contributed by atoms with Gasteiger partial charge < -0.3 is 58.4 Å². The first-order valence-corrected chi connectivity index (χ1v) is 22.2. The molecule has 0 aromatic carbocycles. The summed E-state index contributed by atoms with van der Waals surface area (Å²) in [5.74, 6) is -1.40. The number of methoxy groups -OCH3 is 1. The minimum absolute atomic E-state index is 0.0194. The lowest BCUT2D eigenvalue weighted by molar-refractivity contribution is -0.317. The fraction of sp³-hybridized carbons (Fsp3) is 0.932. The van der Waals surface area contributed by atoms with E-state index in [2.05, 4.69) is 24.1 Å². The van der Waals surface area contributed by atoms with Gasteiger partial charge in [0, 0.05) is 77.2 Å². The summed E-state index contributed by atoms with van der Waals surface area (Å²) in [5.41, 5.74) is -2.00. The molecule has 4 heterocycles. The molecule has 0 unspecified atom stereocenters. The molecule has 0 aliphatic carbocycles. The quantitative estimate of drug-likeness (QED) is 0.262. The molecule has 3 amide bonds. The summed E-state index contributed by atoms with van der Waals surface area (Å²) in [6.07, 6.45) is -0.272. The molecule has 0 aromatic heterocycles. The molecule has 0 radical (unpaired) electrons. The maximum Gasteiger partial charge on any atom is 0.234 e. The lowest BCUT2D eigenvalue weighted by atomic mass is 9.77. The number of aliphatic hydroxyl groups is 1. The fourth-order valence-electron chi connectivity index (χ4n) is 10.0. The van der Waals surface area contributed by atoms with Crippen molar-refractivity contribution < 1.29 is 47.9 Å². The molecule has 0 aromatic rings. The van der Waals surface area contributed by atoms with Crippen LogP contribution >= 0.6 is 0 Å². The van der Waals surface area contributed by atoms with Crippen LogP contribution in [0.15, 0.2) is 0 Å². The highest BCUT2D eigenvalue weighted by atomic mass is 16.7. The summed E-state index contributed by atoms with van der Waals surface area (Å²) >= 11 is 0. The summed E-state index contributed by atoms with van der Waals surface area (Å²) in [7, 11) is 11.3. The molecule has 4 aliphatic rings. The maximum atomic E-state index is 14.7. The van der Waals surface area contributed by atoms with Crippen molar-refractivity contribution in [2.45, 2.75) is 167 Å². The van der Waals surface area contributed by atoms with Gasteiger partial charge in [0.15, 0.2) is 12.6 Å². The second-order valence-electron chi connectivity index (χ2n) is 19.4. The van der Waals surface area contributed by atoms with Crippen molar-refractivity contribution in [1.82, 2.24) is 24.9 Å². The second kappa shape index (κ2) is 21.4. The molecule has 0 saturated carbocycles. The van der Waals surface area contributed by atoms with Gasteiger partial charge in [0.1, 0.15) is 6.10 Å². The largest absolute Gasteiger partial charge is 0.387 e. The molecule has 4 rings (SSSR count). The lowest BCUT2D eigenvalue weighted by Gasteiger charge is -2.50. The normalized spacial score (nSPS) is 40.7. The standard InChI is InChI=1S/C44H81N5O10/c1-27-23-43(7,53)40(59-42-39(34(47(11)12)21-28(2)56-42)55-20-16-18-45-35(50)26-46(9)10)29(3)38(58-37-24-44(8,54-14)31(5)32(6)57-37)30(4)41(52)49-19-15-17-33(49)22-36(51)48(13)25-27/h27-34,37-40,42,53H,15-26H2,1-14H3,(H,45,50)/t27-,28-,29+,30-,31+,32+,33+,34+,37+,38+,39-,40-,42+,43-,44-/m1/s1. The van der Waals surface area contributed by atoms with Crippen LogP contribution in [0.4, 0.5) is 0 Å². The molecule has 59 heavy (non-hydrogen) atoms. The van der Waals surface area contributed by atoms with E-state index in [0.717, 1.165) is 12.8 Å². The summed E-state index contributed by atoms with van der Waals surface area (Å²) in [6.45, 7) is 18.0. The van der Waals surface area contributed by atoms with Gasteiger partial charge in [0.05, 0.1) is 48.1 Å². The Balaban J connectivity index is 1.74. The molecule has 342 valence electrons. The van der Waals surface area contributed by atoms with Gasteiger partial charge in [-0.05, 0) is 93.9 Å². The zero-order valence-corrected chi connectivity index (χ0v) is 38.9. The molecule has 15 heteroatoms. The van der Waals surface area contributed by atoms with Crippen LogP contribution < -0.4 is 5.32 Å². The third-order valence-corrected chi connectivity index (χ3v) is 13.7. The zero-order chi connectivity index (χ0) is 44.0. The number of rotatable bonds is 13. The van der Waals surface area contributed by atoms with Gasteiger partial charge >= 0.3 is 0 Å². The number of hydrogen-bond acceptors (Lipinski definition) is 12. The summed E-state index contributed by atoms with van der Waals surface area (Å²) in [5, 5.41) is 15.8. The van der Waals surface area contributed by atoms with Gasteiger partial charge in [0.2, 0.25) is 17.7 Å². The number of nitrogens with one attached hydrogen (secondary N) is 1. The van der Waals surface area contributed by atoms with E-state index in [1.54, 1.807) is 26.0 Å². The Morgan fingerprint density at radius 1 is 1.00 bits per heavy atom. The van der Waals surface area contributed by atoms with Crippen molar-refractivity contribution >= 4 is 17.7 Å². The topological polar surface area (TPSA) is 152 Å². The molecule has 15 nitrogen and oxygen atoms in total. The number of hydrogen-bond donors (Lipinski definition) is 2. The van der Waals surface area contributed by atoms with E-state index in [1.165, 1.54) is 0 Å². The summed E-state index contributed by atoms with van der Waals surface area (Å²) in [4.78, 5) is 48.2. The maximum absolute atomic E-state index is 14.7. The van der Waals surface area contributed by atoms with Crippen molar-refractivity contribution in [2.24, 2.45) is 23.7 Å². The first-order valence-electron chi connectivity index (χ1n) is 22.2. The van der Waals surface area contributed by atoms with Gasteiger partial charge in [-0.15, -0.1) is 0 Å². The third kappa shape index (κ3) is 12.8. The minimum Gasteiger partial charge on any atom is -0.387 e. The highest BCUT2D eigenvalue weighted by molar-refractivity contribution is 5.82. The molecule has 4 fully saturated rings. The van der Waals surface area contributed by atoms with Crippen LogP contribution in [0.25, 0.3) is 0 Å². The van der Waals surface area contributed by atoms with E-state index >= 15 is 0 Å². The van der Waals surface area contributed by atoms with Gasteiger partial charge in [-0.2, -0.15) is 0 Å². The lowest BCUT2D eigenvalue weighted by Crippen LogP contribution is -2.61. The van der Waals surface area contributed by atoms with Crippen molar-refractivity contribution in [1.29, 1.82) is 0 Å². The molecule has 4 aliphatic heterocycles. The SMILES string of the molecule is CO[C@]1(C)C[C@H](O[C@H]2[C@H](C)[C@@H](O[C@@H]3O[C@H](C)C[C@H](N(C)C)[C@H]3OCCCNC(=O)CN(C)C)[C@](C)(O)C[C@@H](C)CN(C)C(=O)C[C@@H]3CCCN3C(=O)[C@@H]2C)O[C@@H](C)[C@@H]1C. The number of likely N-dealkylation sites (N-methyl/N-ethyl adjacent to an activating group) is 2. The fourth-order valence-corrected chi connectivity index (χ4v) is 10.0. The van der Waals surface area contributed by atoms with Crippen LogP contribution in [-0.2, 0) is 42.8 Å². The Labute approximate surface area is 355 Å². The van der Waals surface area contributed by atoms with Crippen LogP contribution in [0.1, 0.15) is 100 Å². The smallest absolute Gasteiger partial charge is 0.234 e. The van der Waals surface area contributed by atoms with E-state index in [1.807, 2.05) is 72.6 Å². The number of carbonyl (C=O) groups excluding carboxylic acids is 3. The van der Waals surface area contributed by atoms with E-state index in [0.29, 0.717) is 58.5 Å². The molecule has 2 N–H and O–H groups in total. The highest BCUT2D eigenvalue weighted by Crippen LogP contribution is 2.42. The molecule has 0 bridgehead atoms. The van der Waals surface area contributed by atoms with Crippen LogP contribution in [0.5, 0.6) is 0 Å². The Hall–Kier alpha value is -1.95. The van der Waals surface area contributed by atoms with Crippen molar-refractivity contribution in [2.75, 3.05) is 75.1 Å². The van der Waals surface area contributed by atoms with Gasteiger partial charge in [-0.3, -0.25) is 14.4 Å². The van der Waals surface area contributed by atoms with E-state index in [-0.39, 0.29) is 60.3 Å². The molecule has 4 saturated heterocycles. The van der Waals surface area contributed by atoms with Crippen LogP contribution in [0.2, 0.25) is 0 Å².